The molecule has 2 aromatic carbocycles. The maximum absolute atomic E-state index is 2.92. The van der Waals surface area contributed by atoms with Crippen molar-refractivity contribution in [2.75, 3.05) is 50.1 Å². The van der Waals surface area contributed by atoms with E-state index in [0.717, 1.165) is 0 Å². The zero-order valence-corrected chi connectivity index (χ0v) is 27.3. The lowest BCUT2D eigenvalue weighted by Crippen LogP contribution is -2.63. The van der Waals surface area contributed by atoms with Gasteiger partial charge in [0.25, 0.3) is 0 Å². The molecule has 2 aliphatic carbocycles. The van der Waals surface area contributed by atoms with Crippen molar-refractivity contribution in [2.45, 2.75) is 93.7 Å². The number of benzene rings is 2. The van der Waals surface area contributed by atoms with Crippen LogP contribution < -0.4 is 9.80 Å². The molecule has 0 radical (unpaired) electrons. The standard InChI is InChI=1S/C40H49N4/c1-5-36-16-9-23-43-25-21-38(34(36)43)30-27-28(13-14-31(30)41(3)33(38)15-18-36)40-20-19-37(6-2)17-10-24-44-26-22-39(40,35(37)44)29-11-7-8-12-32(29)42(40)4/h7-8,11-15,18-20,27,33-34H,5-6,9-10,16-17,21-26H2,1-4H3/q+1/t33-,34-,36-,37-,38-,39+,40+/m0/s1. The van der Waals surface area contributed by atoms with Gasteiger partial charge in [0, 0.05) is 55.2 Å². The zero-order valence-electron chi connectivity index (χ0n) is 27.3. The molecule has 2 spiro atoms. The van der Waals surface area contributed by atoms with Crippen LogP contribution in [0.15, 0.2) is 66.8 Å². The van der Waals surface area contributed by atoms with Gasteiger partial charge < -0.3 is 9.80 Å². The maximum Gasteiger partial charge on any atom is 0.176 e. The molecule has 6 aliphatic heterocycles. The van der Waals surface area contributed by atoms with E-state index in [4.69, 9.17) is 0 Å². The number of likely N-dealkylation sites (N-methyl/N-ethyl adjacent to an activating group) is 2. The van der Waals surface area contributed by atoms with Crippen molar-refractivity contribution >= 4 is 17.1 Å². The number of hydrogen-bond acceptors (Lipinski definition) is 3. The van der Waals surface area contributed by atoms with Gasteiger partial charge in [0.1, 0.15) is 24.0 Å². The van der Waals surface area contributed by atoms with Crippen LogP contribution in [0.1, 0.15) is 81.9 Å². The van der Waals surface area contributed by atoms with Gasteiger partial charge in [-0.1, -0.05) is 68.5 Å². The highest BCUT2D eigenvalue weighted by atomic mass is 15.3. The largest absolute Gasteiger partial charge is 0.367 e. The second kappa shape index (κ2) is 8.29. The van der Waals surface area contributed by atoms with Crippen LogP contribution in [0.3, 0.4) is 0 Å². The number of rotatable bonds is 3. The molecule has 4 heteroatoms. The summed E-state index contributed by atoms with van der Waals surface area (Å²) in [4.78, 5) is 8.27. The quantitative estimate of drug-likeness (QED) is 0.291. The molecule has 2 fully saturated rings. The van der Waals surface area contributed by atoms with Crippen molar-refractivity contribution in [1.82, 2.24) is 4.90 Å². The number of fused-ring (bicyclic) bond motifs is 2. The summed E-state index contributed by atoms with van der Waals surface area (Å²) < 4.78 is 2.84. The minimum Gasteiger partial charge on any atom is -0.367 e. The number of para-hydroxylation sites is 1. The van der Waals surface area contributed by atoms with Gasteiger partial charge in [-0.05, 0) is 80.4 Å². The molecule has 0 bridgehead atoms. The van der Waals surface area contributed by atoms with Crippen LogP contribution in [0.2, 0.25) is 0 Å². The second-order valence-electron chi connectivity index (χ2n) is 15.8. The predicted octanol–water partition coefficient (Wildman–Crippen LogP) is 6.78. The molecule has 2 saturated heterocycles. The molecule has 0 N–H and O–H groups in total. The van der Waals surface area contributed by atoms with Crippen LogP contribution in [-0.4, -0.2) is 67.5 Å². The minimum atomic E-state index is -0.212. The summed E-state index contributed by atoms with van der Waals surface area (Å²) in [5.74, 6) is 0. The molecule has 44 heavy (non-hydrogen) atoms. The molecule has 0 amide bonds. The van der Waals surface area contributed by atoms with Gasteiger partial charge in [0.15, 0.2) is 5.71 Å². The van der Waals surface area contributed by atoms with Crippen molar-refractivity contribution in [2.24, 2.45) is 10.8 Å². The van der Waals surface area contributed by atoms with E-state index in [0.29, 0.717) is 17.5 Å². The third kappa shape index (κ3) is 2.56. The lowest BCUT2D eigenvalue weighted by atomic mass is 9.50. The first-order chi connectivity index (χ1) is 21.4. The van der Waals surface area contributed by atoms with E-state index < -0.39 is 0 Å². The monoisotopic (exact) mass is 585 g/mol. The number of hydrogen-bond donors (Lipinski definition) is 0. The highest BCUT2D eigenvalue weighted by molar-refractivity contribution is 6.05. The molecule has 6 heterocycles. The summed E-state index contributed by atoms with van der Waals surface area (Å²) in [5.41, 5.74) is 9.82. The minimum absolute atomic E-state index is 0.0223. The smallest absolute Gasteiger partial charge is 0.176 e. The van der Waals surface area contributed by atoms with Crippen molar-refractivity contribution in [1.29, 1.82) is 0 Å². The molecule has 10 rings (SSSR count). The molecule has 0 aromatic heterocycles. The summed E-state index contributed by atoms with van der Waals surface area (Å²) in [7, 11) is 4.79. The van der Waals surface area contributed by atoms with Gasteiger partial charge >= 0.3 is 0 Å². The summed E-state index contributed by atoms with van der Waals surface area (Å²) in [6.45, 7) is 9.83. The first kappa shape index (κ1) is 26.4. The van der Waals surface area contributed by atoms with Crippen LogP contribution in [0.25, 0.3) is 0 Å². The molecule has 0 unspecified atom stereocenters. The molecule has 8 aliphatic rings. The van der Waals surface area contributed by atoms with Crippen molar-refractivity contribution < 1.29 is 4.58 Å². The number of allylic oxidation sites excluding steroid dienone is 1. The molecule has 0 saturated carbocycles. The van der Waals surface area contributed by atoms with E-state index in [-0.39, 0.29) is 21.8 Å². The molecule has 4 nitrogen and oxygen atoms in total. The van der Waals surface area contributed by atoms with Gasteiger partial charge in [-0.3, -0.25) is 4.90 Å². The average molecular weight is 586 g/mol. The highest BCUT2D eigenvalue weighted by Crippen LogP contribution is 2.68. The van der Waals surface area contributed by atoms with Crippen molar-refractivity contribution in [3.8, 4) is 0 Å². The van der Waals surface area contributed by atoms with Crippen LogP contribution in [0, 0.1) is 10.8 Å². The lowest BCUT2D eigenvalue weighted by molar-refractivity contribution is -0.528. The van der Waals surface area contributed by atoms with Crippen molar-refractivity contribution in [3.05, 3.63) is 83.5 Å². The SMILES string of the molecule is CC[C@]12C=C[C@]3(c4ccc5c(c4)[C@@]46CCN7CCC[C@@](CC)(C=C[C@@H]4N5C)[C@H]76)N(C)c4ccccc4[C@@]34CC[N+](=C14)CCC2. The van der Waals surface area contributed by atoms with Crippen LogP contribution in [0.4, 0.5) is 11.4 Å². The zero-order chi connectivity index (χ0) is 29.7. The van der Waals surface area contributed by atoms with Gasteiger partial charge in [-0.25, -0.2) is 4.58 Å². The van der Waals surface area contributed by atoms with E-state index in [1.807, 2.05) is 0 Å². The number of anilines is 2. The van der Waals surface area contributed by atoms with Crippen LogP contribution >= 0.6 is 0 Å². The Morgan fingerprint density at radius 2 is 1.70 bits per heavy atom. The Bertz CT molecular complexity index is 1700. The third-order valence-corrected chi connectivity index (χ3v) is 15.0. The first-order valence-corrected chi connectivity index (χ1v) is 17.9. The highest BCUT2D eigenvalue weighted by Gasteiger charge is 2.74. The van der Waals surface area contributed by atoms with Crippen LogP contribution in [-0.2, 0) is 16.4 Å². The van der Waals surface area contributed by atoms with E-state index in [1.165, 1.54) is 94.5 Å². The molecular weight excluding hydrogens is 536 g/mol. The van der Waals surface area contributed by atoms with Gasteiger partial charge in [0.2, 0.25) is 0 Å². The summed E-state index contributed by atoms with van der Waals surface area (Å²) >= 11 is 0. The fraction of sp³-hybridized carbons (Fsp3) is 0.575. The van der Waals surface area contributed by atoms with Crippen molar-refractivity contribution in [3.63, 3.8) is 0 Å². The molecule has 228 valence electrons. The Morgan fingerprint density at radius 3 is 2.57 bits per heavy atom. The predicted molar refractivity (Wildman–Crippen MR) is 180 cm³/mol. The maximum atomic E-state index is 2.92. The van der Waals surface area contributed by atoms with Gasteiger partial charge in [0.05, 0.1) is 11.5 Å². The fourth-order valence-corrected chi connectivity index (χ4v) is 13.3. The average Bonchev–Trinajstić information content (AvgIpc) is 3.79. The molecule has 2 aromatic rings. The fourth-order valence-electron chi connectivity index (χ4n) is 13.3. The van der Waals surface area contributed by atoms with Crippen LogP contribution in [0.5, 0.6) is 0 Å². The summed E-state index contributed by atoms with van der Waals surface area (Å²) in [6.07, 6.45) is 21.0. The summed E-state index contributed by atoms with van der Waals surface area (Å²) in [6, 6.07) is 18.4. The number of nitrogens with zero attached hydrogens (tertiary/aromatic N) is 4. The Hall–Kier alpha value is -2.85. The van der Waals surface area contributed by atoms with E-state index in [9.17, 15) is 0 Å². The lowest BCUT2D eigenvalue weighted by Gasteiger charge is -2.56. The van der Waals surface area contributed by atoms with E-state index >= 15 is 0 Å². The first-order valence-electron chi connectivity index (χ1n) is 17.9. The Morgan fingerprint density at radius 1 is 0.818 bits per heavy atom. The Labute approximate surface area is 264 Å². The Kier molecular flexibility index (Phi) is 4.97. The van der Waals surface area contributed by atoms with E-state index in [2.05, 4.69) is 114 Å². The Balaban J connectivity index is 1.25. The van der Waals surface area contributed by atoms with E-state index in [1.54, 1.807) is 16.8 Å². The summed E-state index contributed by atoms with van der Waals surface area (Å²) in [5, 5.41) is 0. The van der Waals surface area contributed by atoms with Gasteiger partial charge in [-0.15, -0.1) is 0 Å². The topological polar surface area (TPSA) is 12.7 Å². The van der Waals surface area contributed by atoms with Gasteiger partial charge in [-0.2, -0.15) is 0 Å². The number of piperidine rings is 1. The molecular formula is C40H49N4+. The normalized spacial score (nSPS) is 42.3. The third-order valence-electron chi connectivity index (χ3n) is 15.0. The second-order valence-corrected chi connectivity index (χ2v) is 15.8. The molecule has 7 atom stereocenters.